The molecule has 0 spiro atoms. The zero-order valence-electron chi connectivity index (χ0n) is 13.2. The van der Waals surface area contributed by atoms with Crippen LogP contribution in [0.15, 0.2) is 24.3 Å². The molecule has 0 aromatic heterocycles. The van der Waals surface area contributed by atoms with Crippen molar-refractivity contribution in [1.29, 1.82) is 0 Å². The Balaban J connectivity index is 2.57. The first-order valence-corrected chi connectivity index (χ1v) is 7.08. The molecular formula is C16H24F3NO. The van der Waals surface area contributed by atoms with E-state index in [-0.39, 0.29) is 17.2 Å². The summed E-state index contributed by atoms with van der Waals surface area (Å²) in [5.74, 6) is 0.300. The third kappa shape index (κ3) is 6.38. The normalized spacial score (nSPS) is 15.6. The number of benzene rings is 1. The molecule has 0 aliphatic rings. The minimum atomic E-state index is -4.65. The molecule has 5 heteroatoms. The summed E-state index contributed by atoms with van der Waals surface area (Å²) in [6.07, 6.45) is -4.65. The Hall–Kier alpha value is -1.23. The first kappa shape index (κ1) is 17.8. The van der Waals surface area contributed by atoms with Crippen LogP contribution in [0, 0.1) is 11.3 Å². The third-order valence-corrected chi connectivity index (χ3v) is 3.82. The highest BCUT2D eigenvalue weighted by Gasteiger charge is 2.31. The van der Waals surface area contributed by atoms with Crippen molar-refractivity contribution < 1.29 is 17.9 Å². The van der Waals surface area contributed by atoms with Gasteiger partial charge in [-0.2, -0.15) is 0 Å². The Labute approximate surface area is 124 Å². The zero-order chi connectivity index (χ0) is 16.3. The maximum atomic E-state index is 12.1. The summed E-state index contributed by atoms with van der Waals surface area (Å²) in [5.41, 5.74) is 1.16. The monoisotopic (exact) mass is 303 g/mol. The van der Waals surface area contributed by atoms with Crippen molar-refractivity contribution in [2.45, 2.75) is 47.0 Å². The van der Waals surface area contributed by atoms with Crippen molar-refractivity contribution in [3.05, 3.63) is 29.8 Å². The predicted molar refractivity (Wildman–Crippen MR) is 78.2 cm³/mol. The summed E-state index contributed by atoms with van der Waals surface area (Å²) in [4.78, 5) is 0. The van der Waals surface area contributed by atoms with Gasteiger partial charge >= 0.3 is 6.36 Å². The third-order valence-electron chi connectivity index (χ3n) is 3.82. The summed E-state index contributed by atoms with van der Waals surface area (Å²) in [6, 6.07) is 6.07. The van der Waals surface area contributed by atoms with E-state index in [2.05, 4.69) is 37.7 Å². The van der Waals surface area contributed by atoms with Crippen LogP contribution in [0.5, 0.6) is 5.75 Å². The maximum Gasteiger partial charge on any atom is 0.573 e. The summed E-state index contributed by atoms with van der Waals surface area (Å²) in [5, 5.41) is 3.41. The molecular weight excluding hydrogens is 279 g/mol. The van der Waals surface area contributed by atoms with Gasteiger partial charge in [-0.25, -0.2) is 0 Å². The molecule has 0 fully saturated rings. The van der Waals surface area contributed by atoms with E-state index in [1.54, 1.807) is 12.1 Å². The highest BCUT2D eigenvalue weighted by molar-refractivity contribution is 5.29. The molecule has 120 valence electrons. The lowest BCUT2D eigenvalue weighted by Gasteiger charge is -2.29. The second kappa shape index (κ2) is 6.69. The minimum absolute atomic E-state index is 0.0785. The highest BCUT2D eigenvalue weighted by atomic mass is 19.4. The molecule has 0 aliphatic heterocycles. The SMILES string of the molecule is CC(NCC(C)C(C)(C)C)c1ccc(OC(F)(F)F)cc1. The van der Waals surface area contributed by atoms with Crippen LogP contribution < -0.4 is 10.1 Å². The van der Waals surface area contributed by atoms with Crippen LogP contribution in [0.2, 0.25) is 0 Å². The molecule has 1 N–H and O–H groups in total. The fourth-order valence-corrected chi connectivity index (χ4v) is 1.74. The van der Waals surface area contributed by atoms with Gasteiger partial charge in [-0.3, -0.25) is 0 Å². The fraction of sp³-hybridized carbons (Fsp3) is 0.625. The van der Waals surface area contributed by atoms with Gasteiger partial charge in [-0.05, 0) is 42.5 Å². The highest BCUT2D eigenvalue weighted by Crippen LogP contribution is 2.26. The number of nitrogens with one attached hydrogen (secondary N) is 1. The van der Waals surface area contributed by atoms with Gasteiger partial charge in [0.25, 0.3) is 0 Å². The van der Waals surface area contributed by atoms with Gasteiger partial charge in [0.05, 0.1) is 0 Å². The molecule has 0 radical (unpaired) electrons. The molecule has 1 aromatic carbocycles. The summed E-state index contributed by atoms with van der Waals surface area (Å²) >= 11 is 0. The van der Waals surface area contributed by atoms with Crippen LogP contribution in [-0.2, 0) is 0 Å². The largest absolute Gasteiger partial charge is 0.573 e. The average molecular weight is 303 g/mol. The number of ether oxygens (including phenoxy) is 1. The van der Waals surface area contributed by atoms with Gasteiger partial charge in [0.1, 0.15) is 5.75 Å². The fourth-order valence-electron chi connectivity index (χ4n) is 1.74. The molecule has 0 saturated heterocycles. The lowest BCUT2D eigenvalue weighted by atomic mass is 9.82. The average Bonchev–Trinajstić information content (AvgIpc) is 2.33. The molecule has 2 nitrogen and oxygen atoms in total. The molecule has 0 bridgehead atoms. The van der Waals surface area contributed by atoms with E-state index in [1.807, 2.05) is 6.92 Å². The number of halogens is 3. The van der Waals surface area contributed by atoms with E-state index in [0.29, 0.717) is 5.92 Å². The van der Waals surface area contributed by atoms with E-state index < -0.39 is 6.36 Å². The van der Waals surface area contributed by atoms with Crippen molar-refractivity contribution in [2.24, 2.45) is 11.3 Å². The van der Waals surface area contributed by atoms with Crippen molar-refractivity contribution in [3.63, 3.8) is 0 Å². The van der Waals surface area contributed by atoms with Gasteiger partial charge in [0, 0.05) is 6.04 Å². The van der Waals surface area contributed by atoms with Gasteiger partial charge in [0.2, 0.25) is 0 Å². The van der Waals surface area contributed by atoms with E-state index in [1.165, 1.54) is 12.1 Å². The number of hydrogen-bond acceptors (Lipinski definition) is 2. The molecule has 2 atom stereocenters. The number of alkyl halides is 3. The van der Waals surface area contributed by atoms with Crippen molar-refractivity contribution in [3.8, 4) is 5.75 Å². The summed E-state index contributed by atoms with van der Waals surface area (Å²) in [6.45, 7) is 11.6. The predicted octanol–water partition coefficient (Wildman–Crippen LogP) is 4.92. The molecule has 21 heavy (non-hydrogen) atoms. The van der Waals surface area contributed by atoms with Crippen LogP contribution in [0.25, 0.3) is 0 Å². The summed E-state index contributed by atoms with van der Waals surface area (Å²) < 4.78 is 40.1. The Morgan fingerprint density at radius 3 is 2.00 bits per heavy atom. The van der Waals surface area contributed by atoms with E-state index in [4.69, 9.17) is 0 Å². The smallest absolute Gasteiger partial charge is 0.406 e. The van der Waals surface area contributed by atoms with Gasteiger partial charge in [-0.1, -0.05) is 39.8 Å². The van der Waals surface area contributed by atoms with Crippen LogP contribution in [0.1, 0.15) is 46.2 Å². The van der Waals surface area contributed by atoms with Crippen molar-refractivity contribution >= 4 is 0 Å². The lowest BCUT2D eigenvalue weighted by Crippen LogP contribution is -2.31. The molecule has 1 rings (SSSR count). The summed E-state index contributed by atoms with van der Waals surface area (Å²) in [7, 11) is 0. The number of rotatable bonds is 5. The maximum absolute atomic E-state index is 12.1. The van der Waals surface area contributed by atoms with Crippen molar-refractivity contribution in [2.75, 3.05) is 6.54 Å². The van der Waals surface area contributed by atoms with Crippen LogP contribution in [-0.4, -0.2) is 12.9 Å². The Morgan fingerprint density at radius 1 is 1.05 bits per heavy atom. The Morgan fingerprint density at radius 2 is 1.57 bits per heavy atom. The quantitative estimate of drug-likeness (QED) is 0.833. The molecule has 0 amide bonds. The zero-order valence-corrected chi connectivity index (χ0v) is 13.2. The van der Waals surface area contributed by atoms with E-state index in [9.17, 15) is 13.2 Å². The first-order valence-electron chi connectivity index (χ1n) is 7.08. The molecule has 0 saturated carbocycles. The van der Waals surface area contributed by atoms with Gasteiger partial charge in [-0.15, -0.1) is 13.2 Å². The Bertz CT molecular complexity index is 434. The molecule has 1 aromatic rings. The molecule has 0 heterocycles. The van der Waals surface area contributed by atoms with Crippen LogP contribution in [0.4, 0.5) is 13.2 Å². The van der Waals surface area contributed by atoms with Crippen molar-refractivity contribution in [1.82, 2.24) is 5.32 Å². The minimum Gasteiger partial charge on any atom is -0.406 e. The number of hydrogen-bond donors (Lipinski definition) is 1. The second-order valence-electron chi connectivity index (χ2n) is 6.51. The molecule has 0 aliphatic carbocycles. The van der Waals surface area contributed by atoms with Gasteiger partial charge < -0.3 is 10.1 Å². The standard InChI is InChI=1S/C16H24F3NO/c1-11(15(3,4)5)10-20-12(2)13-6-8-14(9-7-13)21-16(17,18)19/h6-9,11-12,20H,10H2,1-5H3. The van der Waals surface area contributed by atoms with E-state index in [0.717, 1.165) is 12.1 Å². The second-order valence-corrected chi connectivity index (χ2v) is 6.51. The molecule has 2 unspecified atom stereocenters. The lowest BCUT2D eigenvalue weighted by molar-refractivity contribution is -0.274. The van der Waals surface area contributed by atoms with E-state index >= 15 is 0 Å². The first-order chi connectivity index (χ1) is 9.49. The Kier molecular flexibility index (Phi) is 5.68. The van der Waals surface area contributed by atoms with Gasteiger partial charge in [0.15, 0.2) is 0 Å². The van der Waals surface area contributed by atoms with Crippen LogP contribution >= 0.6 is 0 Å². The topological polar surface area (TPSA) is 21.3 Å². The van der Waals surface area contributed by atoms with Crippen LogP contribution in [0.3, 0.4) is 0 Å².